The SMILES string of the molecule is CCCNC(c1snnc1C)C1CCCCC1CC. The number of aryl methyl sites for hydroxylation is 1. The van der Waals surface area contributed by atoms with Crippen molar-refractivity contribution < 1.29 is 0 Å². The van der Waals surface area contributed by atoms with E-state index in [0.29, 0.717) is 6.04 Å². The molecule has 0 aliphatic heterocycles. The second-order valence-corrected chi connectivity index (χ2v) is 6.56. The molecule has 1 N–H and O–H groups in total. The van der Waals surface area contributed by atoms with Gasteiger partial charge < -0.3 is 5.32 Å². The summed E-state index contributed by atoms with van der Waals surface area (Å²) < 4.78 is 4.15. The van der Waals surface area contributed by atoms with Crippen LogP contribution in [0.5, 0.6) is 0 Å². The summed E-state index contributed by atoms with van der Waals surface area (Å²) in [5.74, 6) is 1.64. The Morgan fingerprint density at radius 3 is 2.74 bits per heavy atom. The third-order valence-electron chi connectivity index (χ3n) is 4.50. The van der Waals surface area contributed by atoms with Gasteiger partial charge in [-0.25, -0.2) is 0 Å². The maximum atomic E-state index is 4.22. The molecule has 19 heavy (non-hydrogen) atoms. The van der Waals surface area contributed by atoms with Gasteiger partial charge in [-0.15, -0.1) is 5.10 Å². The van der Waals surface area contributed by atoms with E-state index in [1.54, 1.807) is 11.5 Å². The summed E-state index contributed by atoms with van der Waals surface area (Å²) in [5, 5.41) is 8.00. The highest BCUT2D eigenvalue weighted by Crippen LogP contribution is 2.41. The van der Waals surface area contributed by atoms with E-state index in [4.69, 9.17) is 0 Å². The number of hydrogen-bond acceptors (Lipinski definition) is 4. The minimum atomic E-state index is 0.477. The summed E-state index contributed by atoms with van der Waals surface area (Å²) in [7, 11) is 0. The number of nitrogens with one attached hydrogen (secondary N) is 1. The Labute approximate surface area is 121 Å². The Balaban J connectivity index is 2.18. The van der Waals surface area contributed by atoms with Gasteiger partial charge in [-0.05, 0) is 49.7 Å². The molecule has 2 rings (SSSR count). The van der Waals surface area contributed by atoms with Gasteiger partial charge in [0.15, 0.2) is 0 Å². The summed E-state index contributed by atoms with van der Waals surface area (Å²) in [4.78, 5) is 1.37. The molecule has 1 fully saturated rings. The van der Waals surface area contributed by atoms with Crippen LogP contribution >= 0.6 is 11.5 Å². The van der Waals surface area contributed by atoms with E-state index in [1.165, 1.54) is 43.4 Å². The maximum Gasteiger partial charge on any atom is 0.0772 e. The molecule has 0 amide bonds. The molecule has 1 aliphatic carbocycles. The topological polar surface area (TPSA) is 37.8 Å². The lowest BCUT2D eigenvalue weighted by molar-refractivity contribution is 0.177. The van der Waals surface area contributed by atoms with Crippen LogP contribution in [-0.2, 0) is 0 Å². The van der Waals surface area contributed by atoms with Crippen LogP contribution < -0.4 is 5.32 Å². The molecule has 3 nitrogen and oxygen atoms in total. The Morgan fingerprint density at radius 2 is 2.11 bits per heavy atom. The fourth-order valence-corrected chi connectivity index (χ4v) is 4.24. The average molecular weight is 281 g/mol. The van der Waals surface area contributed by atoms with Gasteiger partial charge in [0.1, 0.15) is 0 Å². The van der Waals surface area contributed by atoms with Crippen LogP contribution in [0.15, 0.2) is 0 Å². The maximum absolute atomic E-state index is 4.22. The third kappa shape index (κ3) is 3.54. The first kappa shape index (κ1) is 14.9. The minimum absolute atomic E-state index is 0.477. The molecule has 1 heterocycles. The van der Waals surface area contributed by atoms with E-state index in [9.17, 15) is 0 Å². The summed E-state index contributed by atoms with van der Waals surface area (Å²) >= 11 is 1.59. The first-order valence-corrected chi connectivity index (χ1v) is 8.57. The van der Waals surface area contributed by atoms with Crippen molar-refractivity contribution in [1.29, 1.82) is 0 Å². The first-order chi connectivity index (χ1) is 9.27. The molecular weight excluding hydrogens is 254 g/mol. The van der Waals surface area contributed by atoms with Gasteiger partial charge in [-0.1, -0.05) is 44.0 Å². The average Bonchev–Trinajstić information content (AvgIpc) is 2.86. The minimum Gasteiger partial charge on any atom is -0.309 e. The lowest BCUT2D eigenvalue weighted by Gasteiger charge is -2.37. The zero-order valence-corrected chi connectivity index (χ0v) is 13.3. The Kier molecular flexibility index (Phi) is 5.76. The van der Waals surface area contributed by atoms with E-state index in [-0.39, 0.29) is 0 Å². The summed E-state index contributed by atoms with van der Waals surface area (Å²) in [5.41, 5.74) is 1.12. The van der Waals surface area contributed by atoms with Crippen LogP contribution in [-0.4, -0.2) is 16.1 Å². The fraction of sp³-hybridized carbons (Fsp3) is 0.867. The molecule has 0 radical (unpaired) electrons. The van der Waals surface area contributed by atoms with Crippen LogP contribution in [0.1, 0.15) is 69.0 Å². The monoisotopic (exact) mass is 281 g/mol. The zero-order valence-electron chi connectivity index (χ0n) is 12.5. The van der Waals surface area contributed by atoms with Crippen LogP contribution in [0, 0.1) is 18.8 Å². The van der Waals surface area contributed by atoms with Crippen molar-refractivity contribution in [3.05, 3.63) is 10.6 Å². The molecule has 1 saturated carbocycles. The van der Waals surface area contributed by atoms with Gasteiger partial charge in [0.25, 0.3) is 0 Å². The standard InChI is InChI=1S/C15H27N3S/c1-4-10-16-14(15-11(3)17-18-19-15)13-9-7-6-8-12(13)5-2/h12-14,16H,4-10H2,1-3H3. The van der Waals surface area contributed by atoms with Crippen molar-refractivity contribution in [1.82, 2.24) is 14.9 Å². The lowest BCUT2D eigenvalue weighted by Crippen LogP contribution is -2.34. The van der Waals surface area contributed by atoms with Gasteiger partial charge in [0, 0.05) is 6.04 Å². The van der Waals surface area contributed by atoms with E-state index in [2.05, 4.69) is 35.7 Å². The molecule has 3 atom stereocenters. The Bertz CT molecular complexity index is 377. The lowest BCUT2D eigenvalue weighted by atomic mass is 9.73. The summed E-state index contributed by atoms with van der Waals surface area (Å²) in [6, 6.07) is 0.477. The van der Waals surface area contributed by atoms with Crippen molar-refractivity contribution in [2.24, 2.45) is 11.8 Å². The molecule has 4 heteroatoms. The zero-order chi connectivity index (χ0) is 13.7. The van der Waals surface area contributed by atoms with Gasteiger partial charge in [0.2, 0.25) is 0 Å². The van der Waals surface area contributed by atoms with Gasteiger partial charge >= 0.3 is 0 Å². The molecular formula is C15H27N3S. The van der Waals surface area contributed by atoms with Crippen LogP contribution in [0.4, 0.5) is 0 Å². The van der Waals surface area contributed by atoms with Crippen molar-refractivity contribution in [2.75, 3.05) is 6.54 Å². The summed E-state index contributed by atoms with van der Waals surface area (Å²) in [6.45, 7) is 7.77. The van der Waals surface area contributed by atoms with E-state index in [1.807, 2.05) is 0 Å². The normalized spacial score (nSPS) is 25.4. The van der Waals surface area contributed by atoms with Crippen molar-refractivity contribution in [3.8, 4) is 0 Å². The number of rotatable bonds is 6. The van der Waals surface area contributed by atoms with Crippen molar-refractivity contribution >= 4 is 11.5 Å². The Morgan fingerprint density at radius 1 is 1.32 bits per heavy atom. The Hall–Kier alpha value is -0.480. The third-order valence-corrected chi connectivity index (χ3v) is 5.41. The number of aromatic nitrogens is 2. The van der Waals surface area contributed by atoms with Crippen molar-refractivity contribution in [2.45, 2.75) is 65.3 Å². The number of hydrogen-bond donors (Lipinski definition) is 1. The molecule has 108 valence electrons. The van der Waals surface area contributed by atoms with Gasteiger partial charge in [-0.3, -0.25) is 0 Å². The van der Waals surface area contributed by atoms with Crippen LogP contribution in [0.3, 0.4) is 0 Å². The molecule has 1 aromatic rings. The molecule has 1 aromatic heterocycles. The second kappa shape index (κ2) is 7.34. The van der Waals surface area contributed by atoms with Gasteiger partial charge in [-0.2, -0.15) is 0 Å². The highest BCUT2D eigenvalue weighted by Gasteiger charge is 2.33. The quantitative estimate of drug-likeness (QED) is 0.853. The molecule has 0 aromatic carbocycles. The molecule has 0 bridgehead atoms. The first-order valence-electron chi connectivity index (χ1n) is 7.80. The largest absolute Gasteiger partial charge is 0.309 e. The molecule has 1 aliphatic rings. The van der Waals surface area contributed by atoms with Crippen molar-refractivity contribution in [3.63, 3.8) is 0 Å². The highest BCUT2D eigenvalue weighted by atomic mass is 32.1. The van der Waals surface area contributed by atoms with Crippen LogP contribution in [0.2, 0.25) is 0 Å². The summed E-state index contributed by atoms with van der Waals surface area (Å²) in [6.07, 6.45) is 8.05. The molecule has 3 unspecified atom stereocenters. The van der Waals surface area contributed by atoms with Crippen LogP contribution in [0.25, 0.3) is 0 Å². The second-order valence-electron chi connectivity index (χ2n) is 5.77. The predicted molar refractivity (Wildman–Crippen MR) is 81.4 cm³/mol. The predicted octanol–water partition coefficient (Wildman–Crippen LogP) is 4.10. The van der Waals surface area contributed by atoms with Gasteiger partial charge in [0.05, 0.1) is 10.6 Å². The molecule has 0 spiro atoms. The van der Waals surface area contributed by atoms with E-state index in [0.717, 1.165) is 24.1 Å². The molecule has 0 saturated heterocycles. The van der Waals surface area contributed by atoms with E-state index >= 15 is 0 Å². The van der Waals surface area contributed by atoms with E-state index < -0.39 is 0 Å². The smallest absolute Gasteiger partial charge is 0.0772 e. The number of nitrogens with zero attached hydrogens (tertiary/aromatic N) is 2. The fourth-order valence-electron chi connectivity index (χ4n) is 3.44. The highest BCUT2D eigenvalue weighted by molar-refractivity contribution is 7.05.